The Kier molecular flexibility index (Phi) is 4.57. The number of aromatic hydroxyl groups is 1. The van der Waals surface area contributed by atoms with Gasteiger partial charge in [-0.1, -0.05) is 25.1 Å². The fourth-order valence-corrected chi connectivity index (χ4v) is 2.66. The summed E-state index contributed by atoms with van der Waals surface area (Å²) in [5, 5.41) is 20.2. The molecular formula is C13H15N3O2S. The van der Waals surface area contributed by atoms with Crippen molar-refractivity contribution in [3.8, 4) is 5.75 Å². The van der Waals surface area contributed by atoms with Gasteiger partial charge in [-0.2, -0.15) is 5.10 Å². The van der Waals surface area contributed by atoms with Crippen LogP contribution < -0.4 is 5.32 Å². The first-order valence-electron chi connectivity index (χ1n) is 6.06. The molecule has 6 heteroatoms. The van der Waals surface area contributed by atoms with Crippen molar-refractivity contribution in [2.75, 3.05) is 0 Å². The van der Waals surface area contributed by atoms with Gasteiger partial charge in [-0.15, -0.1) is 5.10 Å². The summed E-state index contributed by atoms with van der Waals surface area (Å²) >= 11 is 1.42. The quantitative estimate of drug-likeness (QED) is 0.654. The largest absolute Gasteiger partial charge is 0.508 e. The molecule has 1 aliphatic rings. The molecule has 100 valence electrons. The third kappa shape index (κ3) is 3.82. The standard InChI is InChI=1S/C13H15N3O2S/c1-2-3-11-12(18)15-13(19-11)16-14-8-9-4-6-10(17)7-5-9/h4-8,11,17H,2-3H2,1H3,(H,15,16,18)/b14-8-/t11-/m0/s1. The van der Waals surface area contributed by atoms with Crippen LogP contribution in [0, 0.1) is 0 Å². The highest BCUT2D eigenvalue weighted by Crippen LogP contribution is 2.23. The van der Waals surface area contributed by atoms with Gasteiger partial charge in [0.05, 0.1) is 11.5 Å². The summed E-state index contributed by atoms with van der Waals surface area (Å²) in [6.45, 7) is 2.05. The Hall–Kier alpha value is -1.82. The van der Waals surface area contributed by atoms with Crippen molar-refractivity contribution >= 4 is 29.1 Å². The molecule has 1 saturated heterocycles. The Bertz CT molecular complexity index is 511. The molecule has 0 bridgehead atoms. The van der Waals surface area contributed by atoms with Gasteiger partial charge in [0.2, 0.25) is 5.91 Å². The lowest BCUT2D eigenvalue weighted by Gasteiger charge is -1.99. The molecule has 0 saturated carbocycles. The van der Waals surface area contributed by atoms with Crippen molar-refractivity contribution in [1.29, 1.82) is 0 Å². The van der Waals surface area contributed by atoms with E-state index in [1.807, 2.05) is 6.92 Å². The van der Waals surface area contributed by atoms with Gasteiger partial charge < -0.3 is 10.4 Å². The van der Waals surface area contributed by atoms with E-state index < -0.39 is 0 Å². The lowest BCUT2D eigenvalue weighted by atomic mass is 10.2. The fraction of sp³-hybridized carbons (Fsp3) is 0.308. The number of thioether (sulfide) groups is 1. The van der Waals surface area contributed by atoms with Gasteiger partial charge in [-0.3, -0.25) is 4.79 Å². The van der Waals surface area contributed by atoms with Crippen LogP contribution in [0.4, 0.5) is 0 Å². The Morgan fingerprint density at radius 3 is 2.84 bits per heavy atom. The van der Waals surface area contributed by atoms with Crippen LogP contribution in [0.25, 0.3) is 0 Å². The van der Waals surface area contributed by atoms with Crippen LogP contribution in [0.5, 0.6) is 5.75 Å². The highest BCUT2D eigenvalue weighted by atomic mass is 32.2. The zero-order valence-electron chi connectivity index (χ0n) is 10.5. The molecule has 5 nitrogen and oxygen atoms in total. The summed E-state index contributed by atoms with van der Waals surface area (Å²) in [5.41, 5.74) is 0.835. The van der Waals surface area contributed by atoms with Gasteiger partial charge in [0, 0.05) is 0 Å². The number of benzene rings is 1. The molecule has 2 rings (SSSR count). The predicted octanol–water partition coefficient (Wildman–Crippen LogP) is 2.11. The monoisotopic (exact) mass is 277 g/mol. The van der Waals surface area contributed by atoms with Gasteiger partial charge >= 0.3 is 0 Å². The maximum atomic E-state index is 11.6. The first-order valence-corrected chi connectivity index (χ1v) is 6.94. The molecule has 0 spiro atoms. The maximum Gasteiger partial charge on any atom is 0.239 e. The topological polar surface area (TPSA) is 74.1 Å². The molecule has 1 amide bonds. The minimum atomic E-state index is -0.0485. The summed E-state index contributed by atoms with van der Waals surface area (Å²) in [5.74, 6) is 0.218. The van der Waals surface area contributed by atoms with Crippen LogP contribution in [0.3, 0.4) is 0 Å². The number of hydrogen-bond donors (Lipinski definition) is 2. The summed E-state index contributed by atoms with van der Waals surface area (Å²) in [6, 6.07) is 6.63. The molecular weight excluding hydrogens is 262 g/mol. The van der Waals surface area contributed by atoms with Crippen LogP contribution in [0.15, 0.2) is 34.5 Å². The lowest BCUT2D eigenvalue weighted by Crippen LogP contribution is -2.24. The van der Waals surface area contributed by atoms with E-state index in [1.54, 1.807) is 30.5 Å². The molecule has 19 heavy (non-hydrogen) atoms. The van der Waals surface area contributed by atoms with Gasteiger partial charge in [0.15, 0.2) is 5.17 Å². The number of phenols is 1. The van der Waals surface area contributed by atoms with Crippen molar-refractivity contribution in [3.63, 3.8) is 0 Å². The van der Waals surface area contributed by atoms with E-state index in [0.717, 1.165) is 18.4 Å². The molecule has 0 radical (unpaired) electrons. The molecule has 2 N–H and O–H groups in total. The van der Waals surface area contributed by atoms with E-state index in [9.17, 15) is 4.79 Å². The molecule has 0 aliphatic carbocycles. The second-order valence-electron chi connectivity index (χ2n) is 4.13. The van der Waals surface area contributed by atoms with Crippen LogP contribution in [0.2, 0.25) is 0 Å². The molecule has 0 aromatic heterocycles. The number of nitrogens with zero attached hydrogens (tertiary/aromatic N) is 2. The average molecular weight is 277 g/mol. The molecule has 0 unspecified atom stereocenters. The minimum absolute atomic E-state index is 0.00503. The number of hydrogen-bond acceptors (Lipinski definition) is 5. The van der Waals surface area contributed by atoms with Gasteiger partial charge in [0.25, 0.3) is 0 Å². The number of amides is 1. The number of phenolic OH excluding ortho intramolecular Hbond substituents is 1. The van der Waals surface area contributed by atoms with Crippen molar-refractivity contribution in [2.45, 2.75) is 25.0 Å². The fourth-order valence-electron chi connectivity index (χ4n) is 1.61. The number of rotatable bonds is 4. The van der Waals surface area contributed by atoms with E-state index in [4.69, 9.17) is 5.11 Å². The van der Waals surface area contributed by atoms with Crippen molar-refractivity contribution in [1.82, 2.24) is 5.32 Å². The van der Waals surface area contributed by atoms with Crippen molar-refractivity contribution in [2.24, 2.45) is 10.2 Å². The summed E-state index contributed by atoms with van der Waals surface area (Å²) < 4.78 is 0. The van der Waals surface area contributed by atoms with E-state index in [1.165, 1.54) is 11.8 Å². The Morgan fingerprint density at radius 2 is 2.16 bits per heavy atom. The molecule has 1 heterocycles. The maximum absolute atomic E-state index is 11.6. The van der Waals surface area contributed by atoms with Gasteiger partial charge in [-0.05, 0) is 36.2 Å². The van der Waals surface area contributed by atoms with Crippen LogP contribution in [0.1, 0.15) is 25.3 Å². The molecule has 1 fully saturated rings. The molecule has 1 aromatic carbocycles. The predicted molar refractivity (Wildman–Crippen MR) is 77.6 cm³/mol. The third-order valence-electron chi connectivity index (χ3n) is 2.58. The average Bonchev–Trinajstić information content (AvgIpc) is 2.73. The summed E-state index contributed by atoms with van der Waals surface area (Å²) in [4.78, 5) is 11.6. The van der Waals surface area contributed by atoms with E-state index >= 15 is 0 Å². The van der Waals surface area contributed by atoms with Crippen LogP contribution >= 0.6 is 11.8 Å². The summed E-state index contributed by atoms with van der Waals surface area (Å²) in [6.07, 6.45) is 3.39. The minimum Gasteiger partial charge on any atom is -0.508 e. The number of amidine groups is 1. The van der Waals surface area contributed by atoms with Crippen molar-refractivity contribution < 1.29 is 9.90 Å². The highest BCUT2D eigenvalue weighted by Gasteiger charge is 2.29. The number of carbonyl (C=O) groups excluding carboxylic acids is 1. The van der Waals surface area contributed by atoms with Crippen LogP contribution in [-0.4, -0.2) is 27.6 Å². The lowest BCUT2D eigenvalue weighted by molar-refractivity contribution is -0.118. The molecule has 1 aromatic rings. The van der Waals surface area contributed by atoms with Crippen molar-refractivity contribution in [3.05, 3.63) is 29.8 Å². The Morgan fingerprint density at radius 1 is 1.42 bits per heavy atom. The van der Waals surface area contributed by atoms with E-state index in [2.05, 4.69) is 15.5 Å². The van der Waals surface area contributed by atoms with E-state index in [0.29, 0.717) is 5.17 Å². The molecule has 1 atom stereocenters. The first kappa shape index (κ1) is 13.6. The SMILES string of the molecule is CCC[C@@H]1S/C(=N\N=C/c2ccc(O)cc2)NC1=O. The second-order valence-corrected chi connectivity index (χ2v) is 5.32. The number of carbonyl (C=O) groups is 1. The Balaban J connectivity index is 1.96. The summed E-state index contributed by atoms with van der Waals surface area (Å²) in [7, 11) is 0. The zero-order valence-corrected chi connectivity index (χ0v) is 11.4. The smallest absolute Gasteiger partial charge is 0.239 e. The van der Waals surface area contributed by atoms with Crippen LogP contribution in [-0.2, 0) is 4.79 Å². The van der Waals surface area contributed by atoms with Gasteiger partial charge in [0.1, 0.15) is 5.75 Å². The molecule has 1 aliphatic heterocycles. The second kappa shape index (κ2) is 6.38. The van der Waals surface area contributed by atoms with E-state index in [-0.39, 0.29) is 16.9 Å². The Labute approximate surface area is 115 Å². The third-order valence-corrected chi connectivity index (χ3v) is 3.72. The normalized spacial score (nSPS) is 21.2. The van der Waals surface area contributed by atoms with Gasteiger partial charge in [-0.25, -0.2) is 0 Å². The zero-order chi connectivity index (χ0) is 13.7. The number of nitrogens with one attached hydrogen (secondary N) is 1. The highest BCUT2D eigenvalue weighted by molar-refractivity contribution is 8.15. The first-order chi connectivity index (χ1) is 9.19.